The van der Waals surface area contributed by atoms with E-state index in [1.54, 1.807) is 24.3 Å². The highest BCUT2D eigenvalue weighted by molar-refractivity contribution is 5.97. The van der Waals surface area contributed by atoms with Gasteiger partial charge in [-0.3, -0.25) is 9.59 Å². The minimum atomic E-state index is -0.486. The number of benzene rings is 2. The third-order valence-corrected chi connectivity index (χ3v) is 4.16. The van der Waals surface area contributed by atoms with Gasteiger partial charge in [-0.1, -0.05) is 40.2 Å². The van der Waals surface area contributed by atoms with Crippen LogP contribution in [-0.4, -0.2) is 25.0 Å². The molecule has 0 aromatic heterocycles. The Kier molecular flexibility index (Phi) is 8.07. The first-order valence-corrected chi connectivity index (χ1v) is 9.96. The molecule has 0 heterocycles. The number of anilines is 3. The van der Waals surface area contributed by atoms with Gasteiger partial charge in [0.2, 0.25) is 11.8 Å². The number of hydrogen-bond donors (Lipinski definition) is 3. The van der Waals surface area contributed by atoms with Crippen LogP contribution < -0.4 is 20.7 Å². The molecule has 6 heteroatoms. The Morgan fingerprint density at radius 3 is 2.21 bits per heavy atom. The molecule has 2 amide bonds. The number of nitrogens with one attached hydrogen (secondary N) is 3. The molecule has 0 unspecified atom stereocenters. The van der Waals surface area contributed by atoms with E-state index in [9.17, 15) is 9.59 Å². The molecule has 2 rings (SSSR count). The molecule has 0 aliphatic carbocycles. The quantitative estimate of drug-likeness (QED) is 0.526. The standard InChI is InChI=1S/C23H31N3O3/c1-5-6-14-29-20-12-10-17(11-13-20)24-16-21(27)25-18-8-7-9-19(15-18)26-22(28)23(2,3)4/h7-13,15,24H,5-6,14,16H2,1-4H3,(H,25,27)(H,26,28). The van der Waals surface area contributed by atoms with E-state index in [-0.39, 0.29) is 18.4 Å². The molecule has 0 atom stereocenters. The smallest absolute Gasteiger partial charge is 0.243 e. The number of unbranched alkanes of at least 4 members (excludes halogenated alkanes) is 1. The lowest BCUT2D eigenvalue weighted by Gasteiger charge is -2.18. The molecule has 0 aliphatic rings. The molecule has 0 fully saturated rings. The molecule has 156 valence electrons. The molecule has 2 aromatic rings. The van der Waals surface area contributed by atoms with Crippen LogP contribution in [0.15, 0.2) is 48.5 Å². The normalized spacial score (nSPS) is 10.9. The van der Waals surface area contributed by atoms with E-state index in [2.05, 4.69) is 22.9 Å². The maximum atomic E-state index is 12.2. The van der Waals surface area contributed by atoms with Crippen LogP contribution in [0.4, 0.5) is 17.1 Å². The van der Waals surface area contributed by atoms with Crippen LogP contribution in [0.25, 0.3) is 0 Å². The van der Waals surface area contributed by atoms with Crippen molar-refractivity contribution in [1.82, 2.24) is 0 Å². The molecule has 3 N–H and O–H groups in total. The van der Waals surface area contributed by atoms with Crippen molar-refractivity contribution in [1.29, 1.82) is 0 Å². The number of amides is 2. The lowest BCUT2D eigenvalue weighted by atomic mass is 9.95. The maximum absolute atomic E-state index is 12.2. The molecular formula is C23H31N3O3. The molecule has 0 bridgehead atoms. The molecule has 0 saturated heterocycles. The summed E-state index contributed by atoms with van der Waals surface area (Å²) in [5.41, 5.74) is 1.63. The Hall–Kier alpha value is -3.02. The maximum Gasteiger partial charge on any atom is 0.243 e. The van der Waals surface area contributed by atoms with Crippen molar-refractivity contribution in [2.75, 3.05) is 29.1 Å². The summed E-state index contributed by atoms with van der Waals surface area (Å²) in [6.45, 7) is 8.52. The second-order valence-corrected chi connectivity index (χ2v) is 7.91. The fraction of sp³-hybridized carbons (Fsp3) is 0.391. The van der Waals surface area contributed by atoms with Gasteiger partial charge >= 0.3 is 0 Å². The largest absolute Gasteiger partial charge is 0.494 e. The molecule has 6 nitrogen and oxygen atoms in total. The highest BCUT2D eigenvalue weighted by Crippen LogP contribution is 2.20. The van der Waals surface area contributed by atoms with Crippen LogP contribution in [0.1, 0.15) is 40.5 Å². The first-order valence-electron chi connectivity index (χ1n) is 9.96. The number of carbonyl (C=O) groups excluding carboxylic acids is 2. The lowest BCUT2D eigenvalue weighted by molar-refractivity contribution is -0.123. The predicted octanol–water partition coefficient (Wildman–Crippen LogP) is 4.90. The van der Waals surface area contributed by atoms with Gasteiger partial charge in [-0.2, -0.15) is 0 Å². The molecular weight excluding hydrogens is 366 g/mol. The van der Waals surface area contributed by atoms with E-state index in [4.69, 9.17) is 4.74 Å². The van der Waals surface area contributed by atoms with Crippen molar-refractivity contribution in [2.24, 2.45) is 5.41 Å². The highest BCUT2D eigenvalue weighted by atomic mass is 16.5. The van der Waals surface area contributed by atoms with Crippen molar-refractivity contribution < 1.29 is 14.3 Å². The minimum Gasteiger partial charge on any atom is -0.494 e. The number of hydrogen-bond acceptors (Lipinski definition) is 4. The summed E-state index contributed by atoms with van der Waals surface area (Å²) in [7, 11) is 0. The summed E-state index contributed by atoms with van der Waals surface area (Å²) in [6, 6.07) is 14.7. The van der Waals surface area contributed by atoms with E-state index in [0.29, 0.717) is 18.0 Å². The van der Waals surface area contributed by atoms with Crippen LogP contribution in [0.3, 0.4) is 0 Å². The molecule has 0 spiro atoms. The van der Waals surface area contributed by atoms with E-state index in [1.165, 1.54) is 0 Å². The van der Waals surface area contributed by atoms with E-state index >= 15 is 0 Å². The van der Waals surface area contributed by atoms with Crippen molar-refractivity contribution in [3.63, 3.8) is 0 Å². The second-order valence-electron chi connectivity index (χ2n) is 7.91. The van der Waals surface area contributed by atoms with Crippen molar-refractivity contribution in [2.45, 2.75) is 40.5 Å². The van der Waals surface area contributed by atoms with E-state index in [0.717, 1.165) is 24.3 Å². The van der Waals surface area contributed by atoms with Gasteiger partial charge in [-0.05, 0) is 48.9 Å². The number of carbonyl (C=O) groups is 2. The van der Waals surface area contributed by atoms with E-state index in [1.807, 2.05) is 45.0 Å². The average molecular weight is 398 g/mol. The fourth-order valence-corrected chi connectivity index (χ4v) is 2.38. The third-order valence-electron chi connectivity index (χ3n) is 4.16. The van der Waals surface area contributed by atoms with Gasteiger partial charge in [0.25, 0.3) is 0 Å². The van der Waals surface area contributed by atoms with Gasteiger partial charge in [0.1, 0.15) is 5.75 Å². The summed E-state index contributed by atoms with van der Waals surface area (Å²) in [4.78, 5) is 24.3. The van der Waals surface area contributed by atoms with Gasteiger partial charge in [-0.25, -0.2) is 0 Å². The highest BCUT2D eigenvalue weighted by Gasteiger charge is 2.21. The van der Waals surface area contributed by atoms with E-state index < -0.39 is 5.41 Å². The Bertz CT molecular complexity index is 811. The molecule has 0 saturated carbocycles. The van der Waals surface area contributed by atoms with Crippen molar-refractivity contribution in [3.05, 3.63) is 48.5 Å². The molecule has 0 radical (unpaired) electrons. The Morgan fingerprint density at radius 1 is 0.931 bits per heavy atom. The zero-order chi connectivity index (χ0) is 21.3. The Labute approximate surface area is 173 Å². The van der Waals surface area contributed by atoms with Crippen LogP contribution >= 0.6 is 0 Å². The van der Waals surface area contributed by atoms with Crippen molar-refractivity contribution in [3.8, 4) is 5.75 Å². The van der Waals surface area contributed by atoms with Gasteiger partial charge in [0, 0.05) is 22.5 Å². The number of rotatable bonds is 9. The zero-order valence-electron chi connectivity index (χ0n) is 17.7. The van der Waals surface area contributed by atoms with Crippen LogP contribution in [0, 0.1) is 5.41 Å². The fourth-order valence-electron chi connectivity index (χ4n) is 2.38. The lowest BCUT2D eigenvalue weighted by Crippen LogP contribution is -2.27. The first kappa shape index (κ1) is 22.3. The molecule has 29 heavy (non-hydrogen) atoms. The molecule has 2 aromatic carbocycles. The predicted molar refractivity (Wildman–Crippen MR) is 118 cm³/mol. The third kappa shape index (κ3) is 7.86. The summed E-state index contributed by atoms with van der Waals surface area (Å²) in [5, 5.41) is 8.78. The summed E-state index contributed by atoms with van der Waals surface area (Å²) < 4.78 is 5.63. The summed E-state index contributed by atoms with van der Waals surface area (Å²) in [5.74, 6) is 0.569. The summed E-state index contributed by atoms with van der Waals surface area (Å²) >= 11 is 0. The Morgan fingerprint density at radius 2 is 1.59 bits per heavy atom. The SMILES string of the molecule is CCCCOc1ccc(NCC(=O)Nc2cccc(NC(=O)C(C)(C)C)c2)cc1. The Balaban J connectivity index is 1.83. The monoisotopic (exact) mass is 397 g/mol. The van der Waals surface area contributed by atoms with Gasteiger partial charge in [-0.15, -0.1) is 0 Å². The van der Waals surface area contributed by atoms with Crippen LogP contribution in [0.2, 0.25) is 0 Å². The number of ether oxygens (including phenoxy) is 1. The second kappa shape index (κ2) is 10.5. The average Bonchev–Trinajstić information content (AvgIpc) is 2.67. The van der Waals surface area contributed by atoms with Crippen LogP contribution in [0.5, 0.6) is 5.75 Å². The topological polar surface area (TPSA) is 79.5 Å². The summed E-state index contributed by atoms with van der Waals surface area (Å²) in [6.07, 6.45) is 2.13. The zero-order valence-corrected chi connectivity index (χ0v) is 17.7. The van der Waals surface area contributed by atoms with Gasteiger partial charge < -0.3 is 20.7 Å². The minimum absolute atomic E-state index is 0.0789. The van der Waals surface area contributed by atoms with Crippen molar-refractivity contribution >= 4 is 28.9 Å². The van der Waals surface area contributed by atoms with Gasteiger partial charge in [0.05, 0.1) is 13.2 Å². The first-order chi connectivity index (χ1) is 13.8. The molecule has 0 aliphatic heterocycles. The van der Waals surface area contributed by atoms with Crippen LogP contribution in [-0.2, 0) is 9.59 Å². The van der Waals surface area contributed by atoms with Gasteiger partial charge in [0.15, 0.2) is 0 Å².